The fourth-order valence-corrected chi connectivity index (χ4v) is 2.71. The second-order valence-corrected chi connectivity index (χ2v) is 6.20. The molecule has 0 fully saturated rings. The summed E-state index contributed by atoms with van der Waals surface area (Å²) in [7, 11) is 1.96. The van der Waals surface area contributed by atoms with Crippen LogP contribution < -0.4 is 0 Å². The lowest BCUT2D eigenvalue weighted by atomic mass is 9.84. The molecule has 4 heteroatoms. The molecule has 1 aromatic carbocycles. The molecule has 2 atom stereocenters. The third-order valence-corrected chi connectivity index (χ3v) is 4.14. The molecular weight excluding hydrogens is 274 g/mol. The van der Waals surface area contributed by atoms with Crippen molar-refractivity contribution in [2.24, 2.45) is 5.41 Å². The predicted octanol–water partition coefficient (Wildman–Crippen LogP) is 4.22. The Bertz CT molecular complexity index is 464. The van der Waals surface area contributed by atoms with E-state index in [4.69, 9.17) is 11.6 Å². The Hall–Kier alpha value is -1.06. The Morgan fingerprint density at radius 1 is 1.50 bits per heavy atom. The highest BCUT2D eigenvalue weighted by Crippen LogP contribution is 2.29. The standard InChI is InChI=1S/C16H24ClNO2/c1-5-9-16(3,15(19)20)11-18(4)12(2)13-7-6-8-14(17)10-13/h6-8,10,12H,5,9,11H2,1-4H3,(H,19,20). The molecule has 0 heterocycles. The summed E-state index contributed by atoms with van der Waals surface area (Å²) >= 11 is 6.01. The van der Waals surface area contributed by atoms with Gasteiger partial charge in [-0.25, -0.2) is 0 Å². The number of hydrogen-bond acceptors (Lipinski definition) is 2. The summed E-state index contributed by atoms with van der Waals surface area (Å²) in [5.74, 6) is -0.732. The Labute approximate surface area is 126 Å². The lowest BCUT2D eigenvalue weighted by molar-refractivity contribution is -0.149. The second-order valence-electron chi connectivity index (χ2n) is 5.76. The zero-order chi connectivity index (χ0) is 15.3. The van der Waals surface area contributed by atoms with Crippen LogP contribution in [0.5, 0.6) is 0 Å². The molecule has 0 amide bonds. The van der Waals surface area contributed by atoms with Crippen LogP contribution in [0.25, 0.3) is 0 Å². The maximum atomic E-state index is 11.5. The molecule has 0 aliphatic rings. The number of carboxylic acids is 1. The molecule has 0 aliphatic carbocycles. The first-order valence-corrected chi connectivity index (χ1v) is 7.37. The first kappa shape index (κ1) is 17.0. The van der Waals surface area contributed by atoms with Crippen LogP contribution in [0, 0.1) is 5.41 Å². The average molecular weight is 298 g/mol. The molecule has 0 radical (unpaired) electrons. The van der Waals surface area contributed by atoms with E-state index in [1.165, 1.54) is 0 Å². The molecule has 0 saturated carbocycles. The van der Waals surface area contributed by atoms with E-state index in [2.05, 4.69) is 11.8 Å². The van der Waals surface area contributed by atoms with E-state index in [9.17, 15) is 9.90 Å². The largest absolute Gasteiger partial charge is 0.481 e. The minimum Gasteiger partial charge on any atom is -0.481 e. The number of hydrogen-bond donors (Lipinski definition) is 1. The number of carbonyl (C=O) groups is 1. The van der Waals surface area contributed by atoms with E-state index < -0.39 is 11.4 Å². The van der Waals surface area contributed by atoms with Gasteiger partial charge in [-0.05, 0) is 45.0 Å². The minimum absolute atomic E-state index is 0.129. The highest BCUT2D eigenvalue weighted by Gasteiger charge is 2.34. The van der Waals surface area contributed by atoms with Crippen LogP contribution in [0.15, 0.2) is 24.3 Å². The molecule has 1 N–H and O–H groups in total. The number of rotatable bonds is 7. The van der Waals surface area contributed by atoms with Crippen molar-refractivity contribution in [1.29, 1.82) is 0 Å². The topological polar surface area (TPSA) is 40.5 Å². The third-order valence-electron chi connectivity index (χ3n) is 3.91. The first-order chi connectivity index (χ1) is 9.30. The van der Waals surface area contributed by atoms with Gasteiger partial charge in [0, 0.05) is 17.6 Å². The van der Waals surface area contributed by atoms with Crippen LogP contribution in [0.1, 0.15) is 45.2 Å². The number of nitrogens with zero attached hydrogens (tertiary/aromatic N) is 1. The second kappa shape index (κ2) is 7.09. The maximum Gasteiger partial charge on any atom is 0.310 e. The smallest absolute Gasteiger partial charge is 0.310 e. The molecule has 3 nitrogen and oxygen atoms in total. The highest BCUT2D eigenvalue weighted by atomic mass is 35.5. The van der Waals surface area contributed by atoms with E-state index in [0.29, 0.717) is 18.0 Å². The van der Waals surface area contributed by atoms with E-state index in [0.717, 1.165) is 12.0 Å². The Morgan fingerprint density at radius 2 is 2.15 bits per heavy atom. The van der Waals surface area contributed by atoms with Gasteiger partial charge in [0.25, 0.3) is 0 Å². The molecule has 0 aliphatic heterocycles. The van der Waals surface area contributed by atoms with Crippen molar-refractivity contribution in [2.75, 3.05) is 13.6 Å². The van der Waals surface area contributed by atoms with Crippen LogP contribution in [0.4, 0.5) is 0 Å². The minimum atomic E-state index is -0.732. The summed E-state index contributed by atoms with van der Waals surface area (Å²) in [4.78, 5) is 13.6. The van der Waals surface area contributed by atoms with Crippen molar-refractivity contribution in [3.05, 3.63) is 34.9 Å². The first-order valence-electron chi connectivity index (χ1n) is 6.99. The fourth-order valence-electron chi connectivity index (χ4n) is 2.51. The SMILES string of the molecule is CCCC(C)(CN(C)C(C)c1cccc(Cl)c1)C(=O)O. The van der Waals surface area contributed by atoms with Gasteiger partial charge in [0.15, 0.2) is 0 Å². The van der Waals surface area contributed by atoms with E-state index in [1.54, 1.807) is 0 Å². The molecule has 112 valence electrons. The van der Waals surface area contributed by atoms with Gasteiger partial charge in [-0.2, -0.15) is 0 Å². The van der Waals surface area contributed by atoms with Crippen molar-refractivity contribution < 1.29 is 9.90 Å². The van der Waals surface area contributed by atoms with Crippen molar-refractivity contribution in [3.8, 4) is 0 Å². The van der Waals surface area contributed by atoms with E-state index in [-0.39, 0.29) is 6.04 Å². The van der Waals surface area contributed by atoms with Crippen LogP contribution in [-0.2, 0) is 4.79 Å². The van der Waals surface area contributed by atoms with Crippen LogP contribution >= 0.6 is 11.6 Å². The van der Waals surface area contributed by atoms with Gasteiger partial charge in [0.2, 0.25) is 0 Å². The molecule has 2 unspecified atom stereocenters. The number of aliphatic carboxylic acids is 1. The van der Waals surface area contributed by atoms with Crippen molar-refractivity contribution >= 4 is 17.6 Å². The summed E-state index contributed by atoms with van der Waals surface area (Å²) in [5, 5.41) is 10.2. The zero-order valence-corrected chi connectivity index (χ0v) is 13.4. The lowest BCUT2D eigenvalue weighted by Gasteiger charge is -2.33. The molecule has 20 heavy (non-hydrogen) atoms. The normalized spacial score (nSPS) is 15.9. The van der Waals surface area contributed by atoms with Gasteiger partial charge >= 0.3 is 5.97 Å². The predicted molar refractivity (Wildman–Crippen MR) is 83.1 cm³/mol. The summed E-state index contributed by atoms with van der Waals surface area (Å²) in [5.41, 5.74) is 0.389. The summed E-state index contributed by atoms with van der Waals surface area (Å²) in [6, 6.07) is 7.84. The van der Waals surface area contributed by atoms with Crippen LogP contribution in [0.2, 0.25) is 5.02 Å². The molecule has 1 aromatic rings. The average Bonchev–Trinajstić information content (AvgIpc) is 2.37. The molecule has 0 saturated heterocycles. The van der Waals surface area contributed by atoms with Gasteiger partial charge in [0.1, 0.15) is 0 Å². The zero-order valence-electron chi connectivity index (χ0n) is 12.7. The highest BCUT2D eigenvalue weighted by molar-refractivity contribution is 6.30. The van der Waals surface area contributed by atoms with Crippen molar-refractivity contribution in [3.63, 3.8) is 0 Å². The maximum absolute atomic E-state index is 11.5. The third kappa shape index (κ3) is 4.22. The van der Waals surface area contributed by atoms with Gasteiger partial charge < -0.3 is 5.11 Å². The molecule has 0 aromatic heterocycles. The van der Waals surface area contributed by atoms with Gasteiger partial charge in [-0.1, -0.05) is 37.1 Å². The Kier molecular flexibility index (Phi) is 6.03. The molecule has 0 spiro atoms. The van der Waals surface area contributed by atoms with Crippen LogP contribution in [0.3, 0.4) is 0 Å². The van der Waals surface area contributed by atoms with E-state index in [1.807, 2.05) is 45.2 Å². The number of benzene rings is 1. The summed E-state index contributed by atoms with van der Waals surface area (Å²) in [6.07, 6.45) is 1.54. The van der Waals surface area contributed by atoms with Gasteiger partial charge in [0.05, 0.1) is 5.41 Å². The lowest BCUT2D eigenvalue weighted by Crippen LogP contribution is -2.40. The molecule has 1 rings (SSSR count). The quantitative estimate of drug-likeness (QED) is 0.819. The van der Waals surface area contributed by atoms with Crippen LogP contribution in [-0.4, -0.2) is 29.6 Å². The number of halogens is 1. The molecular formula is C16H24ClNO2. The van der Waals surface area contributed by atoms with Crippen molar-refractivity contribution in [1.82, 2.24) is 4.90 Å². The molecule has 0 bridgehead atoms. The van der Waals surface area contributed by atoms with Gasteiger partial charge in [-0.15, -0.1) is 0 Å². The van der Waals surface area contributed by atoms with Gasteiger partial charge in [-0.3, -0.25) is 9.69 Å². The monoisotopic (exact) mass is 297 g/mol. The summed E-state index contributed by atoms with van der Waals surface area (Å²) in [6.45, 7) is 6.42. The fraction of sp³-hybridized carbons (Fsp3) is 0.562. The Balaban J connectivity index is 2.83. The Morgan fingerprint density at radius 3 is 2.65 bits per heavy atom. The summed E-state index contributed by atoms with van der Waals surface area (Å²) < 4.78 is 0. The van der Waals surface area contributed by atoms with Crippen molar-refractivity contribution in [2.45, 2.75) is 39.7 Å². The van der Waals surface area contributed by atoms with E-state index >= 15 is 0 Å². The number of carboxylic acid groups (broad SMARTS) is 1.